The van der Waals surface area contributed by atoms with Crippen LogP contribution in [0.1, 0.15) is 37.3 Å². The highest BCUT2D eigenvalue weighted by Crippen LogP contribution is 2.35. The minimum Gasteiger partial charge on any atom is -0.372 e. The molecule has 2 aromatic carbocycles. The summed E-state index contributed by atoms with van der Waals surface area (Å²) in [6.45, 7) is 6.15. The second-order valence-electron chi connectivity index (χ2n) is 8.77. The van der Waals surface area contributed by atoms with Crippen molar-refractivity contribution in [3.63, 3.8) is 0 Å². The van der Waals surface area contributed by atoms with E-state index in [2.05, 4.69) is 10.2 Å². The van der Waals surface area contributed by atoms with Crippen LogP contribution in [0.4, 0.5) is 30.2 Å². The molecule has 2 aromatic rings. The number of amides is 1. The molecule has 2 aliphatic heterocycles. The maximum atomic E-state index is 13.8. The number of carbonyl (C=O) groups excluding carboxylic acids is 1. The molecular weight excluding hydrogens is 429 g/mol. The highest BCUT2D eigenvalue weighted by atomic mass is 19.4. The molecule has 5 nitrogen and oxygen atoms in total. The van der Waals surface area contributed by atoms with Crippen LogP contribution in [0.2, 0.25) is 0 Å². The Balaban J connectivity index is 1.48. The SMILES string of the molecule is CCN1CCN(Cc2ccc(Nc3ccc(N4CCCCC4)cc3)cc2C(F)(F)F)C(=O)C1. The molecule has 0 radical (unpaired) electrons. The zero-order valence-corrected chi connectivity index (χ0v) is 19.0. The van der Waals surface area contributed by atoms with Crippen molar-refractivity contribution < 1.29 is 18.0 Å². The lowest BCUT2D eigenvalue weighted by atomic mass is 10.0. The standard InChI is InChI=1S/C25H31F3N4O/c1-2-30-14-15-32(24(33)18-30)17-19-6-7-21(16-23(19)25(26,27)28)29-20-8-10-22(11-9-20)31-12-4-3-5-13-31/h6-11,16,29H,2-5,12-15,17-18H2,1H3. The number of halogens is 3. The third-order valence-corrected chi connectivity index (χ3v) is 6.50. The number of nitrogens with zero attached hydrogens (tertiary/aromatic N) is 3. The highest BCUT2D eigenvalue weighted by molar-refractivity contribution is 5.79. The number of nitrogens with one attached hydrogen (secondary N) is 1. The predicted molar refractivity (Wildman–Crippen MR) is 125 cm³/mol. The van der Waals surface area contributed by atoms with E-state index in [0.717, 1.165) is 37.1 Å². The van der Waals surface area contributed by atoms with E-state index < -0.39 is 11.7 Å². The Morgan fingerprint density at radius 3 is 2.24 bits per heavy atom. The van der Waals surface area contributed by atoms with Gasteiger partial charge in [-0.3, -0.25) is 9.69 Å². The second-order valence-corrected chi connectivity index (χ2v) is 8.77. The Labute approximate surface area is 193 Å². The summed E-state index contributed by atoms with van der Waals surface area (Å²) in [6, 6.07) is 12.1. The number of piperazine rings is 1. The first-order chi connectivity index (χ1) is 15.8. The number of anilines is 3. The Morgan fingerprint density at radius 1 is 0.909 bits per heavy atom. The molecule has 2 saturated heterocycles. The first-order valence-corrected chi connectivity index (χ1v) is 11.7. The summed E-state index contributed by atoms with van der Waals surface area (Å²) in [7, 11) is 0. The van der Waals surface area contributed by atoms with Crippen molar-refractivity contribution in [3.8, 4) is 0 Å². The third-order valence-electron chi connectivity index (χ3n) is 6.50. The minimum atomic E-state index is -4.50. The van der Waals surface area contributed by atoms with E-state index in [1.807, 2.05) is 36.1 Å². The van der Waals surface area contributed by atoms with Crippen molar-refractivity contribution in [2.45, 2.75) is 38.9 Å². The van der Waals surface area contributed by atoms with Gasteiger partial charge in [-0.2, -0.15) is 13.2 Å². The molecule has 1 amide bonds. The molecule has 0 unspecified atom stereocenters. The number of hydrogen-bond acceptors (Lipinski definition) is 4. The summed E-state index contributed by atoms with van der Waals surface area (Å²) in [5, 5.41) is 3.09. The second kappa shape index (κ2) is 10.0. The molecule has 178 valence electrons. The maximum Gasteiger partial charge on any atom is 0.416 e. The normalized spacial score (nSPS) is 18.0. The van der Waals surface area contributed by atoms with Crippen molar-refractivity contribution >= 4 is 23.0 Å². The van der Waals surface area contributed by atoms with Crippen molar-refractivity contribution in [2.24, 2.45) is 0 Å². The van der Waals surface area contributed by atoms with Crippen molar-refractivity contribution in [2.75, 3.05) is 49.5 Å². The molecule has 2 fully saturated rings. The van der Waals surface area contributed by atoms with Gasteiger partial charge in [0.25, 0.3) is 0 Å². The lowest BCUT2D eigenvalue weighted by Crippen LogP contribution is -2.49. The van der Waals surface area contributed by atoms with Crippen molar-refractivity contribution in [1.29, 1.82) is 0 Å². The Hall–Kier alpha value is -2.74. The predicted octanol–water partition coefficient (Wildman–Crippen LogP) is 5.10. The van der Waals surface area contributed by atoms with Crippen molar-refractivity contribution in [1.82, 2.24) is 9.80 Å². The molecule has 33 heavy (non-hydrogen) atoms. The molecule has 0 saturated carbocycles. The lowest BCUT2D eigenvalue weighted by Gasteiger charge is -2.34. The van der Waals surface area contributed by atoms with Gasteiger partial charge in [-0.1, -0.05) is 13.0 Å². The number of likely N-dealkylation sites (N-methyl/N-ethyl adjacent to an activating group) is 1. The lowest BCUT2D eigenvalue weighted by molar-refractivity contribution is -0.141. The van der Waals surface area contributed by atoms with E-state index in [9.17, 15) is 18.0 Å². The molecule has 2 heterocycles. The van der Waals surface area contributed by atoms with Crippen LogP contribution in [0.3, 0.4) is 0 Å². The van der Waals surface area contributed by atoms with Crippen LogP contribution in [-0.2, 0) is 17.5 Å². The van der Waals surface area contributed by atoms with Gasteiger partial charge in [-0.25, -0.2) is 0 Å². The largest absolute Gasteiger partial charge is 0.416 e. The number of hydrogen-bond donors (Lipinski definition) is 1. The summed E-state index contributed by atoms with van der Waals surface area (Å²) in [5.74, 6) is -0.132. The summed E-state index contributed by atoms with van der Waals surface area (Å²) < 4.78 is 41.5. The minimum absolute atomic E-state index is 0.0317. The van der Waals surface area contributed by atoms with Crippen molar-refractivity contribution in [3.05, 3.63) is 53.6 Å². The molecular formula is C25H31F3N4O. The van der Waals surface area contributed by atoms with Crippen LogP contribution in [0.5, 0.6) is 0 Å². The van der Waals surface area contributed by atoms with Crippen LogP contribution < -0.4 is 10.2 Å². The average molecular weight is 461 g/mol. The van der Waals surface area contributed by atoms with Gasteiger partial charge in [0.2, 0.25) is 5.91 Å². The summed E-state index contributed by atoms with van der Waals surface area (Å²) in [4.78, 5) is 18.2. The van der Waals surface area contributed by atoms with Crippen LogP contribution >= 0.6 is 0 Å². The summed E-state index contributed by atoms with van der Waals surface area (Å²) in [6.07, 6.45) is -0.866. The van der Waals surface area contributed by atoms with Gasteiger partial charge in [0, 0.05) is 49.8 Å². The topological polar surface area (TPSA) is 38.8 Å². The van der Waals surface area contributed by atoms with Crippen LogP contribution in [0.15, 0.2) is 42.5 Å². The molecule has 2 aliphatic rings. The number of carbonyl (C=O) groups is 1. The molecule has 0 spiro atoms. The molecule has 0 aliphatic carbocycles. The molecule has 0 aromatic heterocycles. The zero-order chi connectivity index (χ0) is 23.4. The Morgan fingerprint density at radius 2 is 1.61 bits per heavy atom. The average Bonchev–Trinajstić information content (AvgIpc) is 2.81. The van der Waals surface area contributed by atoms with Gasteiger partial charge in [0.05, 0.1) is 12.1 Å². The number of benzene rings is 2. The van der Waals surface area contributed by atoms with Gasteiger partial charge in [-0.15, -0.1) is 0 Å². The number of piperidine rings is 1. The molecule has 8 heteroatoms. The van der Waals surface area contributed by atoms with Gasteiger partial charge < -0.3 is 15.1 Å². The Kier molecular flexibility index (Phi) is 7.12. The van der Waals surface area contributed by atoms with E-state index >= 15 is 0 Å². The summed E-state index contributed by atoms with van der Waals surface area (Å²) in [5.41, 5.74) is 1.66. The Bertz CT molecular complexity index is 955. The number of rotatable bonds is 6. The van der Waals surface area contributed by atoms with E-state index in [-0.39, 0.29) is 24.6 Å². The first kappa shape index (κ1) is 23.4. The first-order valence-electron chi connectivity index (χ1n) is 11.7. The molecule has 4 rings (SSSR count). The molecule has 1 N–H and O–H groups in total. The maximum absolute atomic E-state index is 13.8. The smallest absolute Gasteiger partial charge is 0.372 e. The number of alkyl halides is 3. The highest BCUT2D eigenvalue weighted by Gasteiger charge is 2.35. The van der Waals surface area contributed by atoms with E-state index in [1.165, 1.54) is 30.2 Å². The quantitative estimate of drug-likeness (QED) is 0.651. The fraction of sp³-hybridized carbons (Fsp3) is 0.480. The zero-order valence-electron chi connectivity index (χ0n) is 19.0. The molecule has 0 atom stereocenters. The van der Waals surface area contributed by atoms with Gasteiger partial charge in [0.15, 0.2) is 0 Å². The fourth-order valence-corrected chi connectivity index (χ4v) is 4.53. The van der Waals surface area contributed by atoms with E-state index in [0.29, 0.717) is 18.8 Å². The van der Waals surface area contributed by atoms with Gasteiger partial charge >= 0.3 is 6.18 Å². The van der Waals surface area contributed by atoms with E-state index in [1.54, 1.807) is 6.07 Å². The fourth-order valence-electron chi connectivity index (χ4n) is 4.53. The summed E-state index contributed by atoms with van der Waals surface area (Å²) >= 11 is 0. The third kappa shape index (κ3) is 5.79. The molecule has 0 bridgehead atoms. The van der Waals surface area contributed by atoms with Gasteiger partial charge in [0.1, 0.15) is 0 Å². The van der Waals surface area contributed by atoms with E-state index in [4.69, 9.17) is 0 Å². The van der Waals surface area contributed by atoms with Crippen LogP contribution in [0.25, 0.3) is 0 Å². The van der Waals surface area contributed by atoms with Crippen LogP contribution in [-0.4, -0.2) is 55.0 Å². The van der Waals surface area contributed by atoms with Crippen LogP contribution in [0, 0.1) is 0 Å². The monoisotopic (exact) mass is 460 g/mol. The van der Waals surface area contributed by atoms with Gasteiger partial charge in [-0.05, 0) is 67.8 Å².